The van der Waals surface area contributed by atoms with Gasteiger partial charge in [0.1, 0.15) is 11.6 Å². The number of hydrogen-bond donors (Lipinski definition) is 3. The van der Waals surface area contributed by atoms with Crippen LogP contribution in [-0.2, 0) is 19.1 Å². The molecule has 3 unspecified atom stereocenters. The maximum Gasteiger partial charge on any atom is 0.250 e. The molecule has 3 saturated heterocycles. The van der Waals surface area contributed by atoms with Crippen molar-refractivity contribution in [3.63, 3.8) is 0 Å². The second-order valence-corrected chi connectivity index (χ2v) is 11.6. The number of ether oxygens (including phenoxy) is 1. The Bertz CT molecular complexity index is 1020. The zero-order valence-corrected chi connectivity index (χ0v) is 22.5. The third-order valence-electron chi connectivity index (χ3n) is 8.29. The molecule has 1 spiro atoms. The van der Waals surface area contributed by atoms with Gasteiger partial charge in [-0.15, -0.1) is 0 Å². The van der Waals surface area contributed by atoms with E-state index in [0.717, 1.165) is 6.42 Å². The number of likely N-dealkylation sites (tertiary alicyclic amines) is 1. The lowest BCUT2D eigenvalue weighted by Gasteiger charge is -2.37. The van der Waals surface area contributed by atoms with Crippen LogP contribution in [0.4, 0.5) is 5.69 Å². The number of nitrogens with zero attached hydrogens (tertiary/aromatic N) is 1. The second kappa shape index (κ2) is 9.95. The molecular formula is C27H38ClN3O5. The zero-order chi connectivity index (χ0) is 26.4. The predicted molar refractivity (Wildman–Crippen MR) is 137 cm³/mol. The number of hydrogen-bond acceptors (Lipinski definition) is 5. The van der Waals surface area contributed by atoms with Crippen molar-refractivity contribution >= 4 is 35.0 Å². The highest BCUT2D eigenvalue weighted by molar-refractivity contribution is 6.30. The maximum absolute atomic E-state index is 14.2. The summed E-state index contributed by atoms with van der Waals surface area (Å²) in [6.07, 6.45) is 1.77. The first-order chi connectivity index (χ1) is 17.0. The number of benzene rings is 1. The van der Waals surface area contributed by atoms with E-state index in [1.54, 1.807) is 24.3 Å². The van der Waals surface area contributed by atoms with Crippen LogP contribution in [0.5, 0.6) is 0 Å². The fourth-order valence-electron chi connectivity index (χ4n) is 6.69. The van der Waals surface area contributed by atoms with Gasteiger partial charge in [0.2, 0.25) is 17.7 Å². The number of amides is 3. The van der Waals surface area contributed by atoms with Crippen molar-refractivity contribution < 1.29 is 24.2 Å². The molecule has 0 aliphatic carbocycles. The number of anilines is 1. The summed E-state index contributed by atoms with van der Waals surface area (Å²) in [5.41, 5.74) is -1.47. The van der Waals surface area contributed by atoms with E-state index >= 15 is 0 Å². The van der Waals surface area contributed by atoms with Gasteiger partial charge >= 0.3 is 0 Å². The lowest BCUT2D eigenvalue weighted by atomic mass is 9.62. The Labute approximate surface area is 218 Å². The van der Waals surface area contributed by atoms with Gasteiger partial charge in [0.25, 0.3) is 0 Å². The maximum atomic E-state index is 14.2. The molecule has 4 rings (SSSR count). The molecule has 3 aliphatic rings. The molecule has 36 heavy (non-hydrogen) atoms. The summed E-state index contributed by atoms with van der Waals surface area (Å²) in [6.45, 7) is 10.1. The molecule has 3 aliphatic heterocycles. The summed E-state index contributed by atoms with van der Waals surface area (Å²) in [5.74, 6) is -2.26. The number of fused-ring (bicyclic) bond motifs is 1. The van der Waals surface area contributed by atoms with Crippen molar-refractivity contribution in [1.29, 1.82) is 0 Å². The van der Waals surface area contributed by atoms with Gasteiger partial charge in [-0.05, 0) is 62.3 Å². The minimum atomic E-state index is -1.15. The molecule has 8 nitrogen and oxygen atoms in total. The van der Waals surface area contributed by atoms with Gasteiger partial charge in [0.05, 0.1) is 30.1 Å². The van der Waals surface area contributed by atoms with Crippen molar-refractivity contribution in [3.8, 4) is 0 Å². The Morgan fingerprint density at radius 3 is 2.50 bits per heavy atom. The van der Waals surface area contributed by atoms with Crippen LogP contribution in [0.1, 0.15) is 53.9 Å². The molecule has 3 N–H and O–H groups in total. The van der Waals surface area contributed by atoms with Crippen LogP contribution in [-0.4, -0.2) is 64.2 Å². The van der Waals surface area contributed by atoms with Gasteiger partial charge in [-0.2, -0.15) is 0 Å². The van der Waals surface area contributed by atoms with E-state index in [0.29, 0.717) is 30.1 Å². The van der Waals surface area contributed by atoms with Crippen LogP contribution in [0.15, 0.2) is 24.3 Å². The Morgan fingerprint density at radius 2 is 1.92 bits per heavy atom. The fraction of sp³-hybridized carbons (Fsp3) is 0.667. The lowest BCUT2D eigenvalue weighted by Crippen LogP contribution is -2.56. The zero-order valence-electron chi connectivity index (χ0n) is 21.7. The first-order valence-corrected chi connectivity index (χ1v) is 13.3. The molecule has 1 aromatic rings. The normalized spacial score (nSPS) is 33.7. The number of aliphatic hydroxyl groups is 1. The van der Waals surface area contributed by atoms with Gasteiger partial charge in [0.15, 0.2) is 0 Å². The molecule has 3 amide bonds. The van der Waals surface area contributed by atoms with Crippen molar-refractivity contribution in [2.24, 2.45) is 23.7 Å². The largest absolute Gasteiger partial charge is 0.394 e. The molecular weight excluding hydrogens is 482 g/mol. The first-order valence-electron chi connectivity index (χ1n) is 13.0. The van der Waals surface area contributed by atoms with E-state index in [2.05, 4.69) is 10.6 Å². The van der Waals surface area contributed by atoms with Crippen LogP contribution < -0.4 is 10.6 Å². The smallest absolute Gasteiger partial charge is 0.250 e. The summed E-state index contributed by atoms with van der Waals surface area (Å²) in [4.78, 5) is 43.1. The van der Waals surface area contributed by atoms with Crippen LogP contribution in [0, 0.1) is 23.7 Å². The van der Waals surface area contributed by atoms with Crippen molar-refractivity contribution in [3.05, 3.63) is 29.3 Å². The van der Waals surface area contributed by atoms with Crippen LogP contribution >= 0.6 is 11.6 Å². The Hall–Kier alpha value is -2.16. The van der Waals surface area contributed by atoms with Crippen LogP contribution in [0.2, 0.25) is 5.02 Å². The third-order valence-corrected chi connectivity index (χ3v) is 8.54. The first kappa shape index (κ1) is 26.9. The Balaban J connectivity index is 1.79. The van der Waals surface area contributed by atoms with E-state index in [1.807, 2.05) is 34.6 Å². The average molecular weight is 520 g/mol. The molecule has 0 saturated carbocycles. The minimum absolute atomic E-state index is 0.0395. The third kappa shape index (κ3) is 4.21. The van der Waals surface area contributed by atoms with Gasteiger partial charge < -0.3 is 25.4 Å². The number of carbonyl (C=O) groups excluding carboxylic acids is 3. The van der Waals surface area contributed by atoms with E-state index in [1.165, 1.54) is 4.90 Å². The van der Waals surface area contributed by atoms with E-state index in [-0.39, 0.29) is 36.2 Å². The van der Waals surface area contributed by atoms with Gasteiger partial charge in [-0.3, -0.25) is 14.4 Å². The summed E-state index contributed by atoms with van der Waals surface area (Å²) in [5, 5.41) is 16.8. The van der Waals surface area contributed by atoms with E-state index in [9.17, 15) is 19.5 Å². The molecule has 198 valence electrons. The van der Waals surface area contributed by atoms with E-state index in [4.69, 9.17) is 16.3 Å². The average Bonchev–Trinajstić information content (AvgIpc) is 3.34. The highest BCUT2D eigenvalue weighted by atomic mass is 35.5. The van der Waals surface area contributed by atoms with Gasteiger partial charge in [-0.25, -0.2) is 0 Å². The number of rotatable bonds is 9. The highest BCUT2D eigenvalue weighted by Gasteiger charge is 2.80. The second-order valence-electron chi connectivity index (χ2n) is 11.2. The number of carbonyl (C=O) groups is 3. The molecule has 2 bridgehead atoms. The lowest BCUT2D eigenvalue weighted by molar-refractivity contribution is -0.149. The minimum Gasteiger partial charge on any atom is -0.394 e. The predicted octanol–water partition coefficient (Wildman–Crippen LogP) is 3.22. The molecule has 3 fully saturated rings. The molecule has 1 aromatic carbocycles. The van der Waals surface area contributed by atoms with E-state index < -0.39 is 35.1 Å². The highest BCUT2D eigenvalue weighted by Crippen LogP contribution is 2.65. The van der Waals surface area contributed by atoms with Crippen molar-refractivity contribution in [1.82, 2.24) is 10.2 Å². The summed E-state index contributed by atoms with van der Waals surface area (Å²) in [6, 6.07) is 5.22. The SMILES string of the molecule is CCCNC(=O)[C@@H]1[C@H]2C(=O)N([C@@H](CO)CC(C)C)C(C(=O)Nc3ccc(Cl)cc3)C23CC(C)[C@@]1(C)O3. The van der Waals surface area contributed by atoms with Crippen molar-refractivity contribution in [2.45, 2.75) is 77.2 Å². The topological polar surface area (TPSA) is 108 Å². The molecule has 0 aromatic heterocycles. The van der Waals surface area contributed by atoms with Crippen LogP contribution in [0.25, 0.3) is 0 Å². The fourth-order valence-corrected chi connectivity index (χ4v) is 6.82. The Kier molecular flexibility index (Phi) is 7.43. The van der Waals surface area contributed by atoms with Gasteiger partial charge in [-0.1, -0.05) is 39.3 Å². The molecule has 7 atom stereocenters. The standard InChI is InChI=1S/C27H38ClN3O5/c1-6-11-29-23(33)20-21-25(35)31(19(14-32)12-15(2)3)22(27(21)13-16(4)26(20,5)36-27)24(34)30-18-9-7-17(28)8-10-18/h7-10,15-16,19-22,32H,6,11-14H2,1-5H3,(H,29,33)(H,30,34)/t16?,19-,20+,21+,22?,26-,27?/m1/s1. The van der Waals surface area contributed by atoms with Gasteiger partial charge in [0, 0.05) is 17.3 Å². The molecule has 9 heteroatoms. The number of aliphatic hydroxyl groups excluding tert-OH is 1. The molecule has 0 radical (unpaired) electrons. The summed E-state index contributed by atoms with van der Waals surface area (Å²) < 4.78 is 6.70. The Morgan fingerprint density at radius 1 is 1.25 bits per heavy atom. The quantitative estimate of drug-likeness (QED) is 0.464. The monoisotopic (exact) mass is 519 g/mol. The number of nitrogens with one attached hydrogen (secondary N) is 2. The summed E-state index contributed by atoms with van der Waals surface area (Å²) in [7, 11) is 0. The summed E-state index contributed by atoms with van der Waals surface area (Å²) >= 11 is 6.01. The molecule has 3 heterocycles. The van der Waals surface area contributed by atoms with Crippen molar-refractivity contribution in [2.75, 3.05) is 18.5 Å². The number of halogens is 1. The van der Waals surface area contributed by atoms with Crippen LogP contribution in [0.3, 0.4) is 0 Å².